The molecular formula is C58H100O12. The lowest BCUT2D eigenvalue weighted by Crippen LogP contribution is -2.30. The minimum Gasteiger partial charge on any atom is -0.462 e. The first-order chi connectivity index (χ1) is 34.3. The first-order valence-electron chi connectivity index (χ1n) is 27.7. The SMILES string of the molecule is CCCCCC/C=C\C=C\[C@@H](CCCCCCCC(=O)OC[C@@H](COC(=O)CCCCCCC/C=C\C=C\[C@@H](CCCCC)OO)OC(=O)CCCCCCC/C=C\C=C\[C@@H](CCCCC)OO)OO. The molecule has 4 atom stereocenters. The van der Waals surface area contributed by atoms with E-state index < -0.39 is 12.1 Å². The maximum absolute atomic E-state index is 12.9. The number of ether oxygens (including phenoxy) is 3. The molecule has 0 saturated heterocycles. The fourth-order valence-corrected chi connectivity index (χ4v) is 7.67. The number of allylic oxidation sites excluding steroid dienone is 9. The number of carbonyl (C=O) groups is 3. The van der Waals surface area contributed by atoms with Gasteiger partial charge in [-0.2, -0.15) is 0 Å². The Bertz CT molecular complexity index is 1370. The van der Waals surface area contributed by atoms with Crippen molar-refractivity contribution in [3.63, 3.8) is 0 Å². The fourth-order valence-electron chi connectivity index (χ4n) is 7.67. The number of hydrogen-bond donors (Lipinski definition) is 3. The number of carbonyl (C=O) groups excluding carboxylic acids is 3. The smallest absolute Gasteiger partial charge is 0.306 e. The van der Waals surface area contributed by atoms with Gasteiger partial charge in [-0.25, -0.2) is 14.7 Å². The Morgan fingerprint density at radius 3 is 1.04 bits per heavy atom. The molecule has 3 N–H and O–H groups in total. The first kappa shape index (κ1) is 66.6. The normalized spacial score (nSPS) is 14.0. The number of unbranched alkanes of at least 4 members (excludes halogenated alkanes) is 22. The van der Waals surface area contributed by atoms with E-state index in [-0.39, 0.29) is 62.7 Å². The van der Waals surface area contributed by atoms with Crippen LogP contribution >= 0.6 is 0 Å². The molecule has 0 rings (SSSR count). The molecule has 0 aromatic rings. The Morgan fingerprint density at radius 1 is 0.371 bits per heavy atom. The third kappa shape index (κ3) is 47.0. The molecule has 0 aliphatic carbocycles. The molecule has 0 aliphatic heterocycles. The van der Waals surface area contributed by atoms with Crippen molar-refractivity contribution in [1.29, 1.82) is 0 Å². The monoisotopic (exact) mass is 989 g/mol. The van der Waals surface area contributed by atoms with Crippen LogP contribution in [0.15, 0.2) is 72.9 Å². The summed E-state index contributed by atoms with van der Waals surface area (Å²) in [5.74, 6) is -1.14. The highest BCUT2D eigenvalue weighted by Gasteiger charge is 2.20. The zero-order valence-corrected chi connectivity index (χ0v) is 44.2. The zero-order valence-electron chi connectivity index (χ0n) is 44.2. The van der Waals surface area contributed by atoms with Gasteiger partial charge in [-0.3, -0.25) is 30.2 Å². The van der Waals surface area contributed by atoms with Gasteiger partial charge in [0.2, 0.25) is 0 Å². The summed E-state index contributed by atoms with van der Waals surface area (Å²) in [6.45, 7) is 6.16. The van der Waals surface area contributed by atoms with E-state index in [1.807, 2.05) is 54.7 Å². The third-order valence-electron chi connectivity index (χ3n) is 12.1. The highest BCUT2D eigenvalue weighted by molar-refractivity contribution is 5.71. The second-order valence-electron chi connectivity index (χ2n) is 18.6. The summed E-state index contributed by atoms with van der Waals surface area (Å²) in [7, 11) is 0. The van der Waals surface area contributed by atoms with E-state index in [1.54, 1.807) is 0 Å². The average molecular weight is 989 g/mol. The highest BCUT2D eigenvalue weighted by Crippen LogP contribution is 2.15. The Labute approximate surface area is 425 Å². The fraction of sp³-hybridized carbons (Fsp3) is 0.741. The predicted molar refractivity (Wildman–Crippen MR) is 283 cm³/mol. The van der Waals surface area contributed by atoms with Crippen molar-refractivity contribution < 1.29 is 59.0 Å². The van der Waals surface area contributed by atoms with Crippen molar-refractivity contribution in [3.05, 3.63) is 72.9 Å². The quantitative estimate of drug-likeness (QED) is 0.0132. The van der Waals surface area contributed by atoms with Crippen molar-refractivity contribution in [2.75, 3.05) is 13.2 Å². The van der Waals surface area contributed by atoms with Crippen LogP contribution in [0.25, 0.3) is 0 Å². The van der Waals surface area contributed by atoms with Gasteiger partial charge in [0.15, 0.2) is 6.10 Å². The van der Waals surface area contributed by atoms with Gasteiger partial charge in [-0.1, -0.05) is 216 Å². The molecule has 12 nitrogen and oxygen atoms in total. The van der Waals surface area contributed by atoms with E-state index in [1.165, 1.54) is 25.7 Å². The maximum atomic E-state index is 12.9. The summed E-state index contributed by atoms with van der Waals surface area (Å²) in [4.78, 5) is 51.9. The van der Waals surface area contributed by atoms with E-state index in [4.69, 9.17) is 24.7 Å². The molecule has 0 aromatic carbocycles. The molecule has 0 radical (unpaired) electrons. The van der Waals surface area contributed by atoms with Crippen LogP contribution in [0.3, 0.4) is 0 Å². The van der Waals surface area contributed by atoms with Gasteiger partial charge in [-0.15, -0.1) is 0 Å². The standard InChI is InChI=1S/C58H100O12/c1-4-7-10-11-12-19-25-36-45-54(70-64)46-37-28-24-31-39-48-57(60)66-51-55(67-58(61)49-40-30-23-18-14-16-21-27-35-44-53(69-63)42-33-9-6-3)50-65-56(59)47-38-29-22-17-13-15-20-26-34-43-52(68-62)41-32-8-5-2/h19-21,25-27,34-36,43-45,52-55,62-64H,4-18,22-24,28-33,37-42,46-51H2,1-3H3/b25-19-,26-20-,27-21-,43-34+,44-35+,45-36+/t52-,53-,54+,55-/m1/s1. The molecule has 0 unspecified atom stereocenters. The molecule has 0 amide bonds. The molecule has 0 heterocycles. The second-order valence-corrected chi connectivity index (χ2v) is 18.6. The molecule has 0 fully saturated rings. The molecule has 0 saturated carbocycles. The molecule has 0 bridgehead atoms. The van der Waals surface area contributed by atoms with Crippen LogP contribution in [0.5, 0.6) is 0 Å². The van der Waals surface area contributed by atoms with Crippen LogP contribution in [-0.4, -0.2) is 71.3 Å². The minimum absolute atomic E-state index is 0.166. The summed E-state index contributed by atoms with van der Waals surface area (Å²) >= 11 is 0. The van der Waals surface area contributed by atoms with Gasteiger partial charge in [0.1, 0.15) is 31.5 Å². The molecule has 70 heavy (non-hydrogen) atoms. The highest BCUT2D eigenvalue weighted by atomic mass is 17.1. The predicted octanol–water partition coefficient (Wildman–Crippen LogP) is 16.2. The molecule has 0 aliphatic rings. The van der Waals surface area contributed by atoms with Crippen molar-refractivity contribution in [2.24, 2.45) is 0 Å². The summed E-state index contributed by atoms with van der Waals surface area (Å²) in [5.41, 5.74) is 0. The van der Waals surface area contributed by atoms with Crippen LogP contribution < -0.4 is 0 Å². The van der Waals surface area contributed by atoms with Crippen LogP contribution in [0.2, 0.25) is 0 Å². The van der Waals surface area contributed by atoms with Crippen molar-refractivity contribution >= 4 is 17.9 Å². The second kappa shape index (κ2) is 53.4. The van der Waals surface area contributed by atoms with Crippen molar-refractivity contribution in [3.8, 4) is 0 Å². The summed E-state index contributed by atoms with van der Waals surface area (Å²) < 4.78 is 16.7. The Morgan fingerprint density at radius 2 is 0.671 bits per heavy atom. The lowest BCUT2D eigenvalue weighted by Gasteiger charge is -2.18. The van der Waals surface area contributed by atoms with Gasteiger partial charge in [0.05, 0.1) is 0 Å². The Kier molecular flexibility index (Phi) is 50.8. The maximum Gasteiger partial charge on any atom is 0.306 e. The molecule has 0 spiro atoms. The summed E-state index contributed by atoms with van der Waals surface area (Å²) in [6.07, 6.45) is 53.2. The van der Waals surface area contributed by atoms with Crippen molar-refractivity contribution in [1.82, 2.24) is 0 Å². The molecule has 12 heteroatoms. The average Bonchev–Trinajstić information content (AvgIpc) is 3.36. The van der Waals surface area contributed by atoms with Crippen molar-refractivity contribution in [2.45, 2.75) is 263 Å². The van der Waals surface area contributed by atoms with Crippen LogP contribution in [0, 0.1) is 0 Å². The summed E-state index contributed by atoms with van der Waals surface area (Å²) in [5, 5.41) is 27.4. The van der Waals surface area contributed by atoms with E-state index in [0.29, 0.717) is 25.7 Å². The van der Waals surface area contributed by atoms with Gasteiger partial charge in [0, 0.05) is 19.3 Å². The number of esters is 3. The van der Waals surface area contributed by atoms with Gasteiger partial charge >= 0.3 is 17.9 Å². The molecule has 0 aromatic heterocycles. The van der Waals surface area contributed by atoms with Gasteiger partial charge in [0.25, 0.3) is 0 Å². The largest absolute Gasteiger partial charge is 0.462 e. The lowest BCUT2D eigenvalue weighted by atomic mass is 10.1. The molecular weight excluding hydrogens is 889 g/mol. The third-order valence-corrected chi connectivity index (χ3v) is 12.1. The molecule has 404 valence electrons. The lowest BCUT2D eigenvalue weighted by molar-refractivity contribution is -0.267. The Hall–Kier alpha value is -3.39. The van der Waals surface area contributed by atoms with Gasteiger partial charge in [-0.05, 0) is 77.0 Å². The van der Waals surface area contributed by atoms with Crippen LogP contribution in [0.4, 0.5) is 0 Å². The van der Waals surface area contributed by atoms with Crippen LogP contribution in [0.1, 0.15) is 239 Å². The summed E-state index contributed by atoms with van der Waals surface area (Å²) in [6, 6.07) is 0. The minimum atomic E-state index is -0.875. The van der Waals surface area contributed by atoms with E-state index in [2.05, 4.69) is 53.7 Å². The first-order valence-corrected chi connectivity index (χ1v) is 27.7. The van der Waals surface area contributed by atoms with Gasteiger partial charge < -0.3 is 14.2 Å². The topological polar surface area (TPSA) is 167 Å². The Balaban J connectivity index is 4.70. The zero-order chi connectivity index (χ0) is 51.2. The number of hydrogen-bond acceptors (Lipinski definition) is 12. The van der Waals surface area contributed by atoms with E-state index in [0.717, 1.165) is 148 Å². The number of rotatable bonds is 51. The van der Waals surface area contributed by atoms with E-state index in [9.17, 15) is 19.6 Å². The van der Waals surface area contributed by atoms with E-state index >= 15 is 0 Å². The van der Waals surface area contributed by atoms with Crippen LogP contribution in [-0.2, 0) is 43.3 Å².